The van der Waals surface area contributed by atoms with Crippen LogP contribution in [0.5, 0.6) is 5.75 Å². The molecule has 0 N–H and O–H groups in total. The fourth-order valence-electron chi connectivity index (χ4n) is 1.34. The second-order valence-corrected chi connectivity index (χ2v) is 3.08. The van der Waals surface area contributed by atoms with Crippen LogP contribution in [0.4, 0.5) is 0 Å². The van der Waals surface area contributed by atoms with Gasteiger partial charge in [0.15, 0.2) is 11.4 Å². The quantitative estimate of drug-likeness (QED) is 0.641. The van der Waals surface area contributed by atoms with Gasteiger partial charge in [0.25, 0.3) is 0 Å². The average molecular weight is 190 g/mol. The Morgan fingerprint density at radius 2 is 2.36 bits per heavy atom. The summed E-state index contributed by atoms with van der Waals surface area (Å²) in [5.74, 6) is 0.159. The van der Waals surface area contributed by atoms with E-state index in [1.807, 2.05) is 29.8 Å². The third kappa shape index (κ3) is 1.46. The number of ether oxygens (including phenoxy) is 1. The molecule has 14 heavy (non-hydrogen) atoms. The Bertz CT molecular complexity index is 488. The zero-order valence-corrected chi connectivity index (χ0v) is 8.02. The second kappa shape index (κ2) is 3.14. The maximum atomic E-state index is 10.8. The maximum Gasteiger partial charge on any atom is 0.308 e. The topological polar surface area (TPSA) is 43.6 Å². The van der Waals surface area contributed by atoms with Crippen molar-refractivity contribution >= 4 is 11.6 Å². The van der Waals surface area contributed by atoms with Crippen LogP contribution >= 0.6 is 0 Å². The molecule has 0 unspecified atom stereocenters. The third-order valence-electron chi connectivity index (χ3n) is 1.82. The first-order valence-electron chi connectivity index (χ1n) is 4.29. The number of imidazole rings is 1. The maximum absolute atomic E-state index is 10.8. The Labute approximate surface area is 81.1 Å². The summed E-state index contributed by atoms with van der Waals surface area (Å²) in [7, 11) is 0. The normalized spacial score (nSPS) is 10.4. The summed E-state index contributed by atoms with van der Waals surface area (Å²) in [6, 6.07) is 3.54. The van der Waals surface area contributed by atoms with E-state index in [9.17, 15) is 4.79 Å². The van der Waals surface area contributed by atoms with E-state index in [0.29, 0.717) is 11.4 Å². The van der Waals surface area contributed by atoms with Crippen LogP contribution in [-0.2, 0) is 4.79 Å². The summed E-state index contributed by atoms with van der Waals surface area (Å²) in [5.41, 5.74) is 1.56. The highest BCUT2D eigenvalue weighted by Gasteiger charge is 2.06. The van der Waals surface area contributed by atoms with Crippen LogP contribution in [0, 0.1) is 6.92 Å². The van der Waals surface area contributed by atoms with Crippen molar-refractivity contribution in [1.82, 2.24) is 9.38 Å². The number of aryl methyl sites for hydroxylation is 1. The number of aromatic nitrogens is 2. The summed E-state index contributed by atoms with van der Waals surface area (Å²) in [6.07, 6.45) is 3.74. The largest absolute Gasteiger partial charge is 0.423 e. The van der Waals surface area contributed by atoms with Crippen molar-refractivity contribution in [2.75, 3.05) is 0 Å². The van der Waals surface area contributed by atoms with Gasteiger partial charge in [0.1, 0.15) is 0 Å². The van der Waals surface area contributed by atoms with Crippen LogP contribution in [0.15, 0.2) is 24.5 Å². The van der Waals surface area contributed by atoms with Gasteiger partial charge in [0.2, 0.25) is 0 Å². The van der Waals surface area contributed by atoms with E-state index in [0.717, 1.165) is 5.69 Å². The number of hydrogen-bond acceptors (Lipinski definition) is 3. The Balaban J connectivity index is 2.58. The van der Waals surface area contributed by atoms with Crippen molar-refractivity contribution in [1.29, 1.82) is 0 Å². The standard InChI is InChI=1S/C10H10N2O2/c1-7-6-12-5-3-4-9(10(12)11-7)14-8(2)13/h3-6H,1-2H3. The summed E-state index contributed by atoms with van der Waals surface area (Å²) in [4.78, 5) is 15.1. The molecule has 0 amide bonds. The van der Waals surface area contributed by atoms with Gasteiger partial charge < -0.3 is 9.14 Å². The van der Waals surface area contributed by atoms with Gasteiger partial charge in [0.05, 0.1) is 5.69 Å². The van der Waals surface area contributed by atoms with Crippen molar-refractivity contribution in [3.63, 3.8) is 0 Å². The van der Waals surface area contributed by atoms with Crippen LogP contribution in [0.3, 0.4) is 0 Å². The number of pyridine rings is 1. The monoisotopic (exact) mass is 190 g/mol. The Morgan fingerprint density at radius 1 is 1.57 bits per heavy atom. The van der Waals surface area contributed by atoms with Gasteiger partial charge in [-0.3, -0.25) is 4.79 Å². The molecular formula is C10H10N2O2. The Kier molecular flexibility index (Phi) is 1.96. The minimum Gasteiger partial charge on any atom is -0.423 e. The van der Waals surface area contributed by atoms with E-state index in [4.69, 9.17) is 4.74 Å². The number of rotatable bonds is 1. The van der Waals surface area contributed by atoms with Crippen molar-refractivity contribution in [3.05, 3.63) is 30.2 Å². The van der Waals surface area contributed by atoms with E-state index in [1.165, 1.54) is 6.92 Å². The number of carbonyl (C=O) groups is 1. The van der Waals surface area contributed by atoms with Gasteiger partial charge >= 0.3 is 5.97 Å². The Morgan fingerprint density at radius 3 is 3.07 bits per heavy atom. The first-order valence-corrected chi connectivity index (χ1v) is 4.29. The molecule has 0 radical (unpaired) electrons. The summed E-state index contributed by atoms with van der Waals surface area (Å²) >= 11 is 0. The van der Waals surface area contributed by atoms with Crippen LogP contribution in [0.2, 0.25) is 0 Å². The van der Waals surface area contributed by atoms with Gasteiger partial charge in [-0.05, 0) is 19.1 Å². The SMILES string of the molecule is CC(=O)Oc1cccn2cc(C)nc12. The Hall–Kier alpha value is -1.84. The van der Waals surface area contributed by atoms with Gasteiger partial charge in [-0.15, -0.1) is 0 Å². The van der Waals surface area contributed by atoms with Crippen molar-refractivity contribution in [2.24, 2.45) is 0 Å². The molecule has 2 rings (SSSR count). The molecule has 0 aliphatic rings. The van der Waals surface area contributed by atoms with Gasteiger partial charge in [-0.1, -0.05) is 0 Å². The van der Waals surface area contributed by atoms with Crippen LogP contribution in [-0.4, -0.2) is 15.4 Å². The minimum atomic E-state index is -0.334. The highest BCUT2D eigenvalue weighted by atomic mass is 16.5. The van der Waals surface area contributed by atoms with Crippen LogP contribution in [0.1, 0.15) is 12.6 Å². The predicted molar refractivity (Wildman–Crippen MR) is 51.2 cm³/mol. The zero-order chi connectivity index (χ0) is 10.1. The molecule has 2 aromatic rings. The van der Waals surface area contributed by atoms with Crippen LogP contribution < -0.4 is 4.74 Å². The van der Waals surface area contributed by atoms with Gasteiger partial charge in [-0.2, -0.15) is 0 Å². The molecule has 0 aliphatic heterocycles. The van der Waals surface area contributed by atoms with E-state index in [2.05, 4.69) is 4.98 Å². The lowest BCUT2D eigenvalue weighted by Crippen LogP contribution is -2.02. The summed E-state index contributed by atoms with van der Waals surface area (Å²) in [5, 5.41) is 0. The molecule has 0 fully saturated rings. The highest BCUT2D eigenvalue weighted by molar-refractivity contribution is 5.72. The molecular weight excluding hydrogens is 180 g/mol. The lowest BCUT2D eigenvalue weighted by Gasteiger charge is -2.01. The molecule has 4 heteroatoms. The number of hydrogen-bond donors (Lipinski definition) is 0. The molecule has 0 saturated heterocycles. The van der Waals surface area contributed by atoms with E-state index < -0.39 is 0 Å². The highest BCUT2D eigenvalue weighted by Crippen LogP contribution is 2.18. The van der Waals surface area contributed by atoms with Crippen molar-refractivity contribution in [3.8, 4) is 5.75 Å². The smallest absolute Gasteiger partial charge is 0.308 e. The average Bonchev–Trinajstić information content (AvgIpc) is 2.45. The van der Waals surface area contributed by atoms with E-state index in [1.54, 1.807) is 6.07 Å². The third-order valence-corrected chi connectivity index (χ3v) is 1.82. The molecule has 0 bridgehead atoms. The minimum absolute atomic E-state index is 0.334. The van der Waals surface area contributed by atoms with Crippen LogP contribution in [0.25, 0.3) is 5.65 Å². The fourth-order valence-corrected chi connectivity index (χ4v) is 1.34. The fraction of sp³-hybridized carbons (Fsp3) is 0.200. The molecule has 0 saturated carbocycles. The number of fused-ring (bicyclic) bond motifs is 1. The van der Waals surface area contributed by atoms with E-state index in [-0.39, 0.29) is 5.97 Å². The van der Waals surface area contributed by atoms with Crippen molar-refractivity contribution in [2.45, 2.75) is 13.8 Å². The number of nitrogens with zero attached hydrogens (tertiary/aromatic N) is 2. The molecule has 2 heterocycles. The summed E-state index contributed by atoms with van der Waals surface area (Å²) < 4.78 is 6.85. The number of esters is 1. The predicted octanol–water partition coefficient (Wildman–Crippen LogP) is 1.57. The van der Waals surface area contributed by atoms with Gasteiger partial charge in [0, 0.05) is 19.3 Å². The molecule has 4 nitrogen and oxygen atoms in total. The van der Waals surface area contributed by atoms with E-state index >= 15 is 0 Å². The molecule has 72 valence electrons. The zero-order valence-electron chi connectivity index (χ0n) is 8.02. The first-order chi connectivity index (χ1) is 6.66. The molecule has 0 spiro atoms. The summed E-state index contributed by atoms with van der Waals surface area (Å²) in [6.45, 7) is 3.27. The first kappa shape index (κ1) is 8.74. The lowest BCUT2D eigenvalue weighted by atomic mass is 10.4. The van der Waals surface area contributed by atoms with Crippen molar-refractivity contribution < 1.29 is 9.53 Å². The molecule has 0 atom stereocenters. The van der Waals surface area contributed by atoms with Gasteiger partial charge in [-0.25, -0.2) is 4.98 Å². The molecule has 0 aromatic carbocycles. The number of carbonyl (C=O) groups excluding carboxylic acids is 1. The molecule has 2 aromatic heterocycles. The second-order valence-electron chi connectivity index (χ2n) is 3.08. The lowest BCUT2D eigenvalue weighted by molar-refractivity contribution is -0.131. The molecule has 0 aliphatic carbocycles.